The van der Waals surface area contributed by atoms with Crippen molar-refractivity contribution in [2.45, 2.75) is 11.8 Å². The van der Waals surface area contributed by atoms with Crippen LogP contribution in [-0.4, -0.2) is 20.4 Å². The zero-order valence-electron chi connectivity index (χ0n) is 11.0. The molecule has 0 saturated carbocycles. The fraction of sp³-hybridized carbons (Fsp3) is 0.154. The minimum absolute atomic E-state index is 0.0954. The van der Waals surface area contributed by atoms with Crippen LogP contribution in [0.25, 0.3) is 0 Å². The Morgan fingerprint density at radius 1 is 1.30 bits per heavy atom. The van der Waals surface area contributed by atoms with E-state index in [1.54, 1.807) is 18.2 Å². The fourth-order valence-electron chi connectivity index (χ4n) is 1.64. The van der Waals surface area contributed by atoms with Crippen LogP contribution in [-0.2, 0) is 10.0 Å². The quantitative estimate of drug-likeness (QED) is 0.878. The van der Waals surface area contributed by atoms with E-state index in [1.807, 2.05) is 0 Å². The highest BCUT2D eigenvalue weighted by Gasteiger charge is 2.23. The molecule has 2 rings (SSSR count). The molecule has 1 heterocycles. The number of anilines is 2. The van der Waals surface area contributed by atoms with Crippen LogP contribution in [0.1, 0.15) is 5.56 Å². The summed E-state index contributed by atoms with van der Waals surface area (Å²) in [6, 6.07) is 7.09. The number of nitrogens with two attached hydrogens (primary N) is 1. The monoisotopic (exact) mass is 295 g/mol. The molecule has 0 amide bonds. The Kier molecular flexibility index (Phi) is 3.63. The second-order valence-corrected chi connectivity index (χ2v) is 6.25. The molecule has 0 spiro atoms. The molecule has 1 aromatic heterocycles. The molecule has 0 unspecified atom stereocenters. The number of hydrogen-bond acceptors (Lipinski definition) is 4. The number of benzene rings is 1. The molecule has 2 N–H and O–H groups in total. The van der Waals surface area contributed by atoms with Gasteiger partial charge in [-0.1, -0.05) is 6.07 Å². The molecule has 0 fully saturated rings. The van der Waals surface area contributed by atoms with E-state index in [0.29, 0.717) is 0 Å². The Morgan fingerprint density at radius 3 is 2.55 bits per heavy atom. The molecular formula is C13H14FN3O2S. The summed E-state index contributed by atoms with van der Waals surface area (Å²) in [5.74, 6) is -0.412. The lowest BCUT2D eigenvalue weighted by Gasteiger charge is -2.19. The first-order valence-corrected chi connectivity index (χ1v) is 7.23. The van der Waals surface area contributed by atoms with Gasteiger partial charge in [-0.05, 0) is 31.2 Å². The summed E-state index contributed by atoms with van der Waals surface area (Å²) >= 11 is 0. The molecule has 0 saturated heterocycles. The average molecular weight is 295 g/mol. The van der Waals surface area contributed by atoms with Crippen molar-refractivity contribution in [1.29, 1.82) is 0 Å². The standard InChI is InChI=1S/C13H14FN3O2S/c1-9-11(14)7-10(8-12(9)15)20(18,19)17(2)13-5-3-4-6-16-13/h3-8H,15H2,1-2H3. The van der Waals surface area contributed by atoms with Crippen molar-refractivity contribution in [1.82, 2.24) is 4.98 Å². The lowest BCUT2D eigenvalue weighted by atomic mass is 10.2. The van der Waals surface area contributed by atoms with Crippen LogP contribution in [0.3, 0.4) is 0 Å². The third-order valence-electron chi connectivity index (χ3n) is 2.99. The van der Waals surface area contributed by atoms with E-state index in [2.05, 4.69) is 4.98 Å². The van der Waals surface area contributed by atoms with Crippen LogP contribution < -0.4 is 10.0 Å². The first-order chi connectivity index (χ1) is 9.34. The highest BCUT2D eigenvalue weighted by atomic mass is 32.2. The summed E-state index contributed by atoms with van der Waals surface area (Å²) < 4.78 is 39.5. The Morgan fingerprint density at radius 2 is 2.00 bits per heavy atom. The van der Waals surface area contributed by atoms with Gasteiger partial charge >= 0.3 is 0 Å². The van der Waals surface area contributed by atoms with Crippen LogP contribution in [0, 0.1) is 12.7 Å². The van der Waals surface area contributed by atoms with Crippen LogP contribution in [0.2, 0.25) is 0 Å². The predicted octanol–water partition coefficient (Wildman–Crippen LogP) is 1.94. The highest BCUT2D eigenvalue weighted by Crippen LogP contribution is 2.25. The Balaban J connectivity index is 2.51. The van der Waals surface area contributed by atoms with Gasteiger partial charge in [0.25, 0.3) is 10.0 Å². The summed E-state index contributed by atoms with van der Waals surface area (Å²) in [7, 11) is -2.55. The van der Waals surface area contributed by atoms with Crippen LogP contribution in [0.5, 0.6) is 0 Å². The van der Waals surface area contributed by atoms with Crippen LogP contribution in [0.15, 0.2) is 41.4 Å². The SMILES string of the molecule is Cc1c(N)cc(S(=O)(=O)N(C)c2ccccn2)cc1F. The molecule has 0 aliphatic rings. The van der Waals surface area contributed by atoms with Gasteiger partial charge in [0, 0.05) is 24.5 Å². The van der Waals surface area contributed by atoms with Gasteiger partial charge in [0.2, 0.25) is 0 Å². The van der Waals surface area contributed by atoms with E-state index in [1.165, 1.54) is 26.2 Å². The second kappa shape index (κ2) is 5.09. The van der Waals surface area contributed by atoms with Gasteiger partial charge in [0.05, 0.1) is 4.90 Å². The van der Waals surface area contributed by atoms with E-state index in [0.717, 1.165) is 10.4 Å². The van der Waals surface area contributed by atoms with E-state index >= 15 is 0 Å². The topological polar surface area (TPSA) is 76.3 Å². The van der Waals surface area contributed by atoms with Gasteiger partial charge in [-0.2, -0.15) is 0 Å². The van der Waals surface area contributed by atoms with E-state index in [-0.39, 0.29) is 22.0 Å². The van der Waals surface area contributed by atoms with Crippen molar-refractivity contribution in [3.8, 4) is 0 Å². The van der Waals surface area contributed by atoms with Crippen molar-refractivity contribution in [3.63, 3.8) is 0 Å². The molecule has 0 atom stereocenters. The number of pyridine rings is 1. The molecule has 1 aromatic carbocycles. The molecule has 0 aliphatic carbocycles. The molecule has 2 aromatic rings. The number of hydrogen-bond donors (Lipinski definition) is 1. The van der Waals surface area contributed by atoms with Gasteiger partial charge in [-0.25, -0.2) is 17.8 Å². The smallest absolute Gasteiger partial charge is 0.265 e. The van der Waals surface area contributed by atoms with Crippen molar-refractivity contribution < 1.29 is 12.8 Å². The first kappa shape index (κ1) is 14.3. The predicted molar refractivity (Wildman–Crippen MR) is 75.4 cm³/mol. The third-order valence-corrected chi connectivity index (χ3v) is 4.73. The molecular weight excluding hydrogens is 281 g/mol. The highest BCUT2D eigenvalue weighted by molar-refractivity contribution is 7.92. The summed E-state index contributed by atoms with van der Waals surface area (Å²) in [6.07, 6.45) is 1.48. The number of halogens is 1. The Hall–Kier alpha value is -2.15. The molecule has 0 aliphatic heterocycles. The van der Waals surface area contributed by atoms with Crippen molar-refractivity contribution in [2.24, 2.45) is 0 Å². The van der Waals surface area contributed by atoms with Crippen molar-refractivity contribution in [2.75, 3.05) is 17.1 Å². The normalized spacial score (nSPS) is 11.3. The molecule has 0 radical (unpaired) electrons. The molecule has 0 bridgehead atoms. The minimum Gasteiger partial charge on any atom is -0.398 e. The lowest BCUT2D eigenvalue weighted by Crippen LogP contribution is -2.27. The first-order valence-electron chi connectivity index (χ1n) is 5.79. The van der Waals surface area contributed by atoms with Gasteiger partial charge in [-0.15, -0.1) is 0 Å². The lowest BCUT2D eigenvalue weighted by molar-refractivity contribution is 0.587. The summed E-state index contributed by atoms with van der Waals surface area (Å²) in [5.41, 5.74) is 5.94. The summed E-state index contributed by atoms with van der Waals surface area (Å²) in [6.45, 7) is 1.49. The zero-order chi connectivity index (χ0) is 14.9. The zero-order valence-corrected chi connectivity index (χ0v) is 11.9. The fourth-order valence-corrected chi connectivity index (χ4v) is 2.84. The molecule has 20 heavy (non-hydrogen) atoms. The maximum absolute atomic E-state index is 13.7. The Labute approximate surface area is 116 Å². The van der Waals surface area contributed by atoms with Gasteiger partial charge in [0.15, 0.2) is 0 Å². The van der Waals surface area contributed by atoms with Crippen molar-refractivity contribution >= 4 is 21.5 Å². The van der Waals surface area contributed by atoms with Gasteiger partial charge in [0.1, 0.15) is 11.6 Å². The Bertz CT molecular complexity index is 710. The van der Waals surface area contributed by atoms with E-state index in [9.17, 15) is 12.8 Å². The number of nitrogen functional groups attached to an aromatic ring is 1. The van der Waals surface area contributed by atoms with Gasteiger partial charge in [-0.3, -0.25) is 4.31 Å². The number of aromatic nitrogens is 1. The number of nitrogens with zero attached hydrogens (tertiary/aromatic N) is 2. The van der Waals surface area contributed by atoms with Crippen molar-refractivity contribution in [3.05, 3.63) is 47.9 Å². The number of rotatable bonds is 3. The second-order valence-electron chi connectivity index (χ2n) is 4.28. The van der Waals surface area contributed by atoms with Gasteiger partial charge < -0.3 is 5.73 Å². The molecule has 106 valence electrons. The maximum atomic E-state index is 13.7. The van der Waals surface area contributed by atoms with E-state index < -0.39 is 15.8 Å². The molecule has 5 nitrogen and oxygen atoms in total. The van der Waals surface area contributed by atoms with Crippen LogP contribution >= 0.6 is 0 Å². The van der Waals surface area contributed by atoms with E-state index in [4.69, 9.17) is 5.73 Å². The largest absolute Gasteiger partial charge is 0.398 e. The third kappa shape index (κ3) is 2.44. The minimum atomic E-state index is -3.90. The number of sulfonamides is 1. The van der Waals surface area contributed by atoms with Crippen LogP contribution in [0.4, 0.5) is 15.9 Å². The average Bonchev–Trinajstić information content (AvgIpc) is 2.44. The maximum Gasteiger partial charge on any atom is 0.265 e. The summed E-state index contributed by atoms with van der Waals surface area (Å²) in [4.78, 5) is 3.75. The summed E-state index contributed by atoms with van der Waals surface area (Å²) in [5, 5.41) is 0. The molecule has 7 heteroatoms.